The number of benzene rings is 24. The second kappa shape index (κ2) is 34.1. The van der Waals surface area contributed by atoms with Crippen molar-refractivity contribution in [1.82, 2.24) is 27.4 Å². The molecule has 24 aromatic carbocycles. The third-order valence-corrected chi connectivity index (χ3v) is 31.3. The van der Waals surface area contributed by atoms with Crippen LogP contribution < -0.4 is 0 Å². The summed E-state index contributed by atoms with van der Waals surface area (Å²) in [6.07, 6.45) is 0. The molecule has 0 amide bonds. The van der Waals surface area contributed by atoms with E-state index in [1.165, 1.54) is 269 Å². The van der Waals surface area contributed by atoms with Gasteiger partial charge in [0.2, 0.25) is 0 Å². The molecule has 31 rings (SSSR count). The van der Waals surface area contributed by atoms with Crippen molar-refractivity contribution < 1.29 is 0 Å². The van der Waals surface area contributed by atoms with E-state index in [1.807, 2.05) is 0 Å². The fraction of sp³-hybridized carbons (Fsp3) is 0.0213. The zero-order valence-corrected chi connectivity index (χ0v) is 81.0. The SMILES string of the molecule is CC1(C)c2ccccc2-c2cc3c4cc(-c5ccc6c(c5)c5ccccc5n6-c5ccccc5)ccc4n(-c4ccccc4)c3cc21.c1ccc(-c2ccc(-c3ccc(-n4c5ccccc5c5cc(-c6ccc7c(c6)c6ccccc6n7-c6ccccc6)ccc54)cc3)cc2)cc1.c1ccc2cc(-n3c4ccccc4c4cc(-c5ccc6c(c5)c5ccccc5n6-c5ccc6c(ccc7ccccc76)c5)ccc43)ccc2c1. The summed E-state index contributed by atoms with van der Waals surface area (Å²) in [4.78, 5) is 0. The van der Waals surface area contributed by atoms with Gasteiger partial charge in [-0.25, -0.2) is 0 Å². The van der Waals surface area contributed by atoms with Crippen LogP contribution in [0.15, 0.2) is 534 Å². The Hall–Kier alpha value is -19.1. The van der Waals surface area contributed by atoms with Crippen LogP contribution in [-0.2, 0) is 5.41 Å². The Morgan fingerprint density at radius 1 is 0.122 bits per heavy atom. The Morgan fingerprint density at radius 3 is 0.789 bits per heavy atom. The minimum atomic E-state index is -0.0579. The van der Waals surface area contributed by atoms with E-state index < -0.39 is 0 Å². The Kier molecular flexibility index (Phi) is 19.6. The summed E-state index contributed by atoms with van der Waals surface area (Å²) in [6, 6.07) is 195. The van der Waals surface area contributed by atoms with Crippen LogP contribution in [0.2, 0.25) is 0 Å². The predicted octanol–water partition coefficient (Wildman–Crippen LogP) is 37.7. The predicted molar refractivity (Wildman–Crippen MR) is 623 cm³/mol. The molecule has 0 unspecified atom stereocenters. The lowest BCUT2D eigenvalue weighted by Gasteiger charge is -2.21. The molecule has 0 saturated carbocycles. The van der Waals surface area contributed by atoms with Crippen molar-refractivity contribution in [1.29, 1.82) is 0 Å². The second-order valence-electron chi connectivity index (χ2n) is 39.8. The summed E-state index contributed by atoms with van der Waals surface area (Å²) in [5.41, 5.74) is 39.4. The van der Waals surface area contributed by atoms with Crippen molar-refractivity contribution in [3.63, 3.8) is 0 Å². The van der Waals surface area contributed by atoms with E-state index >= 15 is 0 Å². The first kappa shape index (κ1) is 84.7. The summed E-state index contributed by atoms with van der Waals surface area (Å²) in [6.45, 7) is 4.73. The third-order valence-electron chi connectivity index (χ3n) is 31.3. The highest BCUT2D eigenvalue weighted by Crippen LogP contribution is 2.53. The van der Waals surface area contributed by atoms with Crippen LogP contribution in [0.5, 0.6) is 0 Å². The molecule has 0 radical (unpaired) electrons. The highest BCUT2D eigenvalue weighted by molar-refractivity contribution is 6.19. The highest BCUT2D eigenvalue weighted by Gasteiger charge is 2.37. The number of nitrogens with zero attached hydrogens (tertiary/aromatic N) is 6. The van der Waals surface area contributed by atoms with E-state index in [-0.39, 0.29) is 5.41 Å². The molecule has 147 heavy (non-hydrogen) atoms. The second-order valence-corrected chi connectivity index (χ2v) is 39.8. The van der Waals surface area contributed by atoms with E-state index in [2.05, 4.69) is 575 Å². The van der Waals surface area contributed by atoms with Gasteiger partial charge in [0, 0.05) is 104 Å². The first-order chi connectivity index (χ1) is 72.7. The number of rotatable bonds is 11. The van der Waals surface area contributed by atoms with Crippen LogP contribution in [0.25, 0.3) is 264 Å². The van der Waals surface area contributed by atoms with Gasteiger partial charge >= 0.3 is 0 Å². The Labute approximate surface area is 849 Å². The fourth-order valence-electron chi connectivity index (χ4n) is 24.3. The van der Waals surface area contributed by atoms with E-state index in [1.54, 1.807) is 0 Å². The van der Waals surface area contributed by atoms with Crippen LogP contribution in [0.1, 0.15) is 25.0 Å². The molecule has 0 spiro atoms. The van der Waals surface area contributed by atoms with Gasteiger partial charge in [0.05, 0.1) is 66.2 Å². The van der Waals surface area contributed by atoms with Crippen molar-refractivity contribution in [2.24, 2.45) is 0 Å². The highest BCUT2D eigenvalue weighted by atomic mass is 15.0. The van der Waals surface area contributed by atoms with Crippen molar-refractivity contribution >= 4 is 163 Å². The maximum absolute atomic E-state index is 2.46. The van der Waals surface area contributed by atoms with Gasteiger partial charge in [-0.1, -0.05) is 360 Å². The molecule has 30 aromatic rings. The number of aromatic nitrogens is 6. The van der Waals surface area contributed by atoms with Gasteiger partial charge in [-0.2, -0.15) is 0 Å². The molecule has 0 bridgehead atoms. The van der Waals surface area contributed by atoms with Gasteiger partial charge in [0.25, 0.3) is 0 Å². The molecular formula is C141H94N6. The zero-order chi connectivity index (χ0) is 97.1. The van der Waals surface area contributed by atoms with Crippen LogP contribution in [0.4, 0.5) is 0 Å². The molecule has 6 nitrogen and oxygen atoms in total. The van der Waals surface area contributed by atoms with E-state index in [0.717, 1.165) is 5.69 Å². The quantitative estimate of drug-likeness (QED) is 0.116. The summed E-state index contributed by atoms with van der Waals surface area (Å²) < 4.78 is 14.4. The average Bonchev–Trinajstić information content (AvgIpc) is 1.55. The van der Waals surface area contributed by atoms with E-state index in [0.29, 0.717) is 0 Å². The van der Waals surface area contributed by atoms with Gasteiger partial charge < -0.3 is 27.4 Å². The van der Waals surface area contributed by atoms with Gasteiger partial charge in [0.15, 0.2) is 0 Å². The molecule has 0 fully saturated rings. The van der Waals surface area contributed by atoms with Crippen molar-refractivity contribution in [3.8, 4) is 101 Å². The van der Waals surface area contributed by atoms with Gasteiger partial charge in [-0.05, 0) is 298 Å². The fourth-order valence-corrected chi connectivity index (χ4v) is 24.3. The largest absolute Gasteiger partial charge is 0.309 e. The van der Waals surface area contributed by atoms with Crippen molar-refractivity contribution in [3.05, 3.63) is 545 Å². The number of para-hydroxylation sites is 8. The van der Waals surface area contributed by atoms with E-state index in [9.17, 15) is 0 Å². The maximum Gasteiger partial charge on any atom is 0.0544 e. The Balaban J connectivity index is 0.000000104. The average molecular weight is 1870 g/mol. The molecule has 1 aliphatic rings. The molecule has 6 aromatic heterocycles. The molecule has 6 heteroatoms. The van der Waals surface area contributed by atoms with Crippen molar-refractivity contribution in [2.75, 3.05) is 0 Å². The third kappa shape index (κ3) is 13.9. The maximum atomic E-state index is 2.46. The Morgan fingerprint density at radius 2 is 0.374 bits per heavy atom. The topological polar surface area (TPSA) is 29.6 Å². The van der Waals surface area contributed by atoms with Crippen LogP contribution in [0, 0.1) is 0 Å². The monoisotopic (exact) mass is 1870 g/mol. The normalized spacial score (nSPS) is 12.3. The van der Waals surface area contributed by atoms with Crippen LogP contribution >= 0.6 is 0 Å². The molecule has 0 saturated heterocycles. The van der Waals surface area contributed by atoms with Gasteiger partial charge in [-0.3, -0.25) is 0 Å². The zero-order valence-electron chi connectivity index (χ0n) is 81.0. The van der Waals surface area contributed by atoms with Crippen LogP contribution in [-0.4, -0.2) is 27.4 Å². The van der Waals surface area contributed by atoms with E-state index in [4.69, 9.17) is 0 Å². The first-order valence-corrected chi connectivity index (χ1v) is 50.9. The lowest BCUT2D eigenvalue weighted by atomic mass is 9.82. The smallest absolute Gasteiger partial charge is 0.0544 e. The summed E-state index contributed by atoms with van der Waals surface area (Å²) in [5, 5.41) is 22.8. The standard InChI is InChI=1S/C48H30N2.C48H32N2.C45H32N2/c1-2-11-33-27-37(22-19-31(33)9-1)49-45-15-7-5-13-41(45)43-29-34(20-25-47(43)49)35-21-26-48-44(30-35)42-14-6-8-16-46(42)50(48)38-23-24-40-36(28-38)18-17-32-10-3-4-12-39(32)40;1-3-11-33(12-4-1)34-19-21-35(22-20-34)36-23-27-40(28-24-36)50-46-18-10-8-16-42(46)44-32-38(26-30-48(44)50)37-25-29-47-43(31-37)41-15-7-9-17-45(41)49(47)39-13-5-2-6-14-39;1-45(2)39-19-11-9-17-33(39)35-27-38-37-26-30(22-24-43(37)47(44(38)28-40(35)45)32-15-7-4-8-16-32)29-21-23-42-36(25-29)34-18-10-12-20-41(34)46(42)31-13-5-3-6-14-31/h1-30H;1-32H;3-28H,1-2H3. The van der Waals surface area contributed by atoms with Crippen LogP contribution in [0.3, 0.4) is 0 Å². The Bertz CT molecular complexity index is 10600. The van der Waals surface area contributed by atoms with Gasteiger partial charge in [0.1, 0.15) is 0 Å². The number of hydrogen-bond donors (Lipinski definition) is 0. The molecule has 0 N–H and O–H groups in total. The molecule has 6 heterocycles. The van der Waals surface area contributed by atoms with Gasteiger partial charge in [-0.15, -0.1) is 0 Å². The lowest BCUT2D eigenvalue weighted by molar-refractivity contribution is 0.661. The first-order valence-electron chi connectivity index (χ1n) is 50.9. The number of hydrogen-bond acceptors (Lipinski definition) is 0. The minimum Gasteiger partial charge on any atom is -0.309 e. The molecule has 0 atom stereocenters. The summed E-state index contributed by atoms with van der Waals surface area (Å²) in [7, 11) is 0. The number of fused-ring (bicyclic) bond motifs is 25. The molecule has 1 aliphatic carbocycles. The minimum absolute atomic E-state index is 0.0579. The summed E-state index contributed by atoms with van der Waals surface area (Å²) >= 11 is 0. The summed E-state index contributed by atoms with van der Waals surface area (Å²) in [5.74, 6) is 0. The van der Waals surface area contributed by atoms with Crippen molar-refractivity contribution in [2.45, 2.75) is 19.3 Å². The molecule has 0 aliphatic heterocycles. The molecule has 688 valence electrons. The molecular weight excluding hydrogens is 1780 g/mol. The lowest BCUT2D eigenvalue weighted by Crippen LogP contribution is -2.14.